The molecule has 0 saturated heterocycles. The molecule has 0 saturated carbocycles. The predicted molar refractivity (Wildman–Crippen MR) is 69.4 cm³/mol. The van der Waals surface area contributed by atoms with Crippen LogP contribution in [0.2, 0.25) is 0 Å². The van der Waals surface area contributed by atoms with E-state index in [1.165, 1.54) is 0 Å². The SMILES string of the molecule is Cc1ccc2ccccc2c1C(N)CC(N)=O. The number of hydrogen-bond donors (Lipinski definition) is 2. The number of benzene rings is 2. The van der Waals surface area contributed by atoms with Crippen LogP contribution in [0.3, 0.4) is 0 Å². The third-order valence-electron chi connectivity index (χ3n) is 2.98. The first kappa shape index (κ1) is 11.6. The standard InChI is InChI=1S/C14H16N2O/c1-9-6-7-10-4-2-3-5-11(10)14(9)12(15)8-13(16)17/h2-7,12H,8,15H2,1H3,(H2,16,17). The molecule has 17 heavy (non-hydrogen) atoms. The van der Waals surface area contributed by atoms with E-state index >= 15 is 0 Å². The highest BCUT2D eigenvalue weighted by molar-refractivity contribution is 5.88. The summed E-state index contributed by atoms with van der Waals surface area (Å²) in [6.07, 6.45) is 0.175. The predicted octanol–water partition coefficient (Wildman–Crippen LogP) is 2.02. The fourth-order valence-electron chi connectivity index (χ4n) is 2.22. The van der Waals surface area contributed by atoms with Crippen LogP contribution in [0.4, 0.5) is 0 Å². The molecule has 0 aliphatic heterocycles. The minimum atomic E-state index is -0.371. The first-order valence-corrected chi connectivity index (χ1v) is 5.61. The molecule has 3 heteroatoms. The number of amides is 1. The third-order valence-corrected chi connectivity index (χ3v) is 2.98. The summed E-state index contributed by atoms with van der Waals surface area (Å²) in [5, 5.41) is 2.23. The number of carbonyl (C=O) groups excluding carboxylic acids is 1. The van der Waals surface area contributed by atoms with Crippen molar-refractivity contribution in [1.82, 2.24) is 0 Å². The molecule has 0 bridgehead atoms. The zero-order valence-corrected chi connectivity index (χ0v) is 9.81. The van der Waals surface area contributed by atoms with Crippen LogP contribution in [-0.2, 0) is 4.79 Å². The lowest BCUT2D eigenvalue weighted by Gasteiger charge is -2.16. The monoisotopic (exact) mass is 228 g/mol. The van der Waals surface area contributed by atoms with Gasteiger partial charge < -0.3 is 11.5 Å². The number of rotatable bonds is 3. The van der Waals surface area contributed by atoms with E-state index < -0.39 is 0 Å². The van der Waals surface area contributed by atoms with Crippen LogP contribution < -0.4 is 11.5 Å². The van der Waals surface area contributed by atoms with Crippen LogP contribution in [0.1, 0.15) is 23.6 Å². The van der Waals surface area contributed by atoms with Crippen molar-refractivity contribution in [2.45, 2.75) is 19.4 Å². The molecule has 0 aliphatic rings. The van der Waals surface area contributed by atoms with Crippen molar-refractivity contribution in [3.63, 3.8) is 0 Å². The summed E-state index contributed by atoms with van der Waals surface area (Å²) in [6.45, 7) is 2.00. The van der Waals surface area contributed by atoms with Gasteiger partial charge in [0.2, 0.25) is 5.91 Å². The van der Waals surface area contributed by atoms with E-state index in [4.69, 9.17) is 11.5 Å². The molecule has 1 atom stereocenters. The molecule has 2 rings (SSSR count). The van der Waals surface area contributed by atoms with E-state index in [0.717, 1.165) is 21.9 Å². The second-order valence-corrected chi connectivity index (χ2v) is 4.29. The molecule has 4 N–H and O–H groups in total. The maximum atomic E-state index is 11.0. The molecular weight excluding hydrogens is 212 g/mol. The fourth-order valence-corrected chi connectivity index (χ4v) is 2.22. The van der Waals surface area contributed by atoms with Crippen molar-refractivity contribution < 1.29 is 4.79 Å². The number of fused-ring (bicyclic) bond motifs is 1. The van der Waals surface area contributed by atoms with E-state index in [1.807, 2.05) is 37.3 Å². The smallest absolute Gasteiger partial charge is 0.219 e. The highest BCUT2D eigenvalue weighted by atomic mass is 16.1. The first-order chi connectivity index (χ1) is 8.09. The number of nitrogens with two attached hydrogens (primary N) is 2. The summed E-state index contributed by atoms with van der Waals surface area (Å²) in [5.74, 6) is -0.371. The van der Waals surface area contributed by atoms with E-state index in [-0.39, 0.29) is 18.4 Å². The second kappa shape index (κ2) is 4.55. The average Bonchev–Trinajstić information content (AvgIpc) is 2.27. The zero-order valence-electron chi connectivity index (χ0n) is 9.81. The Labute approximate surface area is 100 Å². The Morgan fingerprint density at radius 1 is 1.24 bits per heavy atom. The van der Waals surface area contributed by atoms with Gasteiger partial charge in [-0.2, -0.15) is 0 Å². The highest BCUT2D eigenvalue weighted by Gasteiger charge is 2.14. The van der Waals surface area contributed by atoms with Crippen molar-refractivity contribution in [2.24, 2.45) is 11.5 Å². The average molecular weight is 228 g/mol. The van der Waals surface area contributed by atoms with Crippen molar-refractivity contribution >= 4 is 16.7 Å². The molecule has 0 fully saturated rings. The largest absolute Gasteiger partial charge is 0.370 e. The minimum Gasteiger partial charge on any atom is -0.370 e. The van der Waals surface area contributed by atoms with Crippen LogP contribution >= 0.6 is 0 Å². The van der Waals surface area contributed by atoms with Gasteiger partial charge in [0.05, 0.1) is 0 Å². The van der Waals surface area contributed by atoms with Crippen LogP contribution in [0, 0.1) is 6.92 Å². The Morgan fingerprint density at radius 3 is 2.65 bits per heavy atom. The van der Waals surface area contributed by atoms with Crippen LogP contribution in [0.15, 0.2) is 36.4 Å². The van der Waals surface area contributed by atoms with Gasteiger partial charge in [-0.1, -0.05) is 36.4 Å². The molecule has 0 spiro atoms. The van der Waals surface area contributed by atoms with E-state index in [1.54, 1.807) is 0 Å². The van der Waals surface area contributed by atoms with Crippen molar-refractivity contribution in [2.75, 3.05) is 0 Å². The number of carbonyl (C=O) groups is 1. The molecule has 0 radical (unpaired) electrons. The number of primary amides is 1. The quantitative estimate of drug-likeness (QED) is 0.843. The second-order valence-electron chi connectivity index (χ2n) is 4.29. The Balaban J connectivity index is 2.58. The topological polar surface area (TPSA) is 69.1 Å². The van der Waals surface area contributed by atoms with Gasteiger partial charge in [-0.15, -0.1) is 0 Å². The van der Waals surface area contributed by atoms with Gasteiger partial charge in [0.15, 0.2) is 0 Å². The summed E-state index contributed by atoms with van der Waals surface area (Å²) in [6, 6.07) is 11.8. The molecule has 0 aromatic heterocycles. The molecule has 1 unspecified atom stereocenters. The van der Waals surface area contributed by atoms with Crippen molar-refractivity contribution in [3.8, 4) is 0 Å². The third kappa shape index (κ3) is 2.29. The van der Waals surface area contributed by atoms with Crippen molar-refractivity contribution in [1.29, 1.82) is 0 Å². The summed E-state index contributed by atoms with van der Waals surface area (Å²) >= 11 is 0. The summed E-state index contributed by atoms with van der Waals surface area (Å²) in [4.78, 5) is 11.0. The summed E-state index contributed by atoms with van der Waals surface area (Å²) in [5.41, 5.74) is 13.4. The lowest BCUT2D eigenvalue weighted by Crippen LogP contribution is -2.21. The van der Waals surface area contributed by atoms with E-state index in [0.29, 0.717) is 0 Å². The van der Waals surface area contributed by atoms with E-state index in [2.05, 4.69) is 6.07 Å². The number of aryl methyl sites for hydroxylation is 1. The summed E-state index contributed by atoms with van der Waals surface area (Å²) < 4.78 is 0. The fraction of sp³-hybridized carbons (Fsp3) is 0.214. The Bertz CT molecular complexity index is 563. The maximum Gasteiger partial charge on any atom is 0.219 e. The normalized spacial score (nSPS) is 12.6. The first-order valence-electron chi connectivity index (χ1n) is 5.61. The molecule has 0 aliphatic carbocycles. The number of hydrogen-bond acceptors (Lipinski definition) is 2. The Kier molecular flexibility index (Phi) is 3.11. The van der Waals surface area contributed by atoms with Gasteiger partial charge in [0.25, 0.3) is 0 Å². The van der Waals surface area contributed by atoms with E-state index in [9.17, 15) is 4.79 Å². The van der Waals surface area contributed by atoms with Gasteiger partial charge in [0.1, 0.15) is 0 Å². The Morgan fingerprint density at radius 2 is 1.94 bits per heavy atom. The van der Waals surface area contributed by atoms with Crippen LogP contribution in [0.5, 0.6) is 0 Å². The molecule has 88 valence electrons. The summed E-state index contributed by atoms with van der Waals surface area (Å²) in [7, 11) is 0. The van der Waals surface area contributed by atoms with Gasteiger partial charge in [0, 0.05) is 12.5 Å². The molecule has 0 heterocycles. The minimum absolute atomic E-state index is 0.175. The van der Waals surface area contributed by atoms with Crippen LogP contribution in [0.25, 0.3) is 10.8 Å². The van der Waals surface area contributed by atoms with Gasteiger partial charge in [-0.05, 0) is 28.8 Å². The molecule has 1 amide bonds. The Hall–Kier alpha value is -1.87. The molecule has 2 aromatic rings. The lowest BCUT2D eigenvalue weighted by atomic mass is 9.93. The maximum absolute atomic E-state index is 11.0. The molecular formula is C14H16N2O. The van der Waals surface area contributed by atoms with Crippen molar-refractivity contribution in [3.05, 3.63) is 47.5 Å². The van der Waals surface area contributed by atoms with Crippen LogP contribution in [-0.4, -0.2) is 5.91 Å². The van der Waals surface area contributed by atoms with Gasteiger partial charge in [-0.3, -0.25) is 4.79 Å². The molecule has 3 nitrogen and oxygen atoms in total. The molecule has 2 aromatic carbocycles. The highest BCUT2D eigenvalue weighted by Crippen LogP contribution is 2.27. The zero-order chi connectivity index (χ0) is 12.4. The van der Waals surface area contributed by atoms with Gasteiger partial charge >= 0.3 is 0 Å². The lowest BCUT2D eigenvalue weighted by molar-refractivity contribution is -0.118. The van der Waals surface area contributed by atoms with Gasteiger partial charge in [-0.25, -0.2) is 0 Å².